The number of sulfonamides is 1. The summed E-state index contributed by atoms with van der Waals surface area (Å²) in [6.45, 7) is 1.64. The molecule has 1 aliphatic heterocycles. The Morgan fingerprint density at radius 3 is 2.65 bits per heavy atom. The van der Waals surface area contributed by atoms with Gasteiger partial charge in [-0.3, -0.25) is 4.79 Å². The highest BCUT2D eigenvalue weighted by atomic mass is 32.2. The number of aryl methyl sites for hydroxylation is 1. The second-order valence-corrected chi connectivity index (χ2v) is 6.92. The molecule has 0 amide bonds. The predicted octanol–water partition coefficient (Wildman–Crippen LogP) is 0.345. The van der Waals surface area contributed by atoms with Gasteiger partial charge < -0.3 is 10.2 Å². The number of carboxylic acid groups (broad SMARTS) is 1. The number of hydrogen-bond acceptors (Lipinski definition) is 4. The van der Waals surface area contributed by atoms with Crippen molar-refractivity contribution >= 4 is 16.0 Å². The summed E-state index contributed by atoms with van der Waals surface area (Å²) >= 11 is 0. The summed E-state index contributed by atoms with van der Waals surface area (Å²) in [5.41, 5.74) is 1.47. The van der Waals surface area contributed by atoms with Crippen LogP contribution < -0.4 is 0 Å². The minimum atomic E-state index is -3.77. The van der Waals surface area contributed by atoms with E-state index in [1.807, 2.05) is 6.07 Å². The van der Waals surface area contributed by atoms with Crippen molar-refractivity contribution in [2.45, 2.75) is 31.2 Å². The number of aliphatic carboxylic acids is 1. The lowest BCUT2D eigenvalue weighted by molar-refractivity contribution is -0.140. The molecular weight excluding hydrogens is 282 g/mol. The van der Waals surface area contributed by atoms with Gasteiger partial charge >= 0.3 is 5.97 Å². The van der Waals surface area contributed by atoms with Gasteiger partial charge in [0.2, 0.25) is 10.0 Å². The summed E-state index contributed by atoms with van der Waals surface area (Å²) in [4.78, 5) is 11.1. The second kappa shape index (κ2) is 5.51. The van der Waals surface area contributed by atoms with Crippen LogP contribution in [-0.4, -0.2) is 47.6 Å². The third kappa shape index (κ3) is 3.00. The minimum absolute atomic E-state index is 0.0671. The van der Waals surface area contributed by atoms with E-state index in [1.165, 1.54) is 0 Å². The van der Waals surface area contributed by atoms with E-state index in [2.05, 4.69) is 0 Å². The van der Waals surface area contributed by atoms with Crippen LogP contribution in [0.15, 0.2) is 24.3 Å². The van der Waals surface area contributed by atoms with Crippen molar-refractivity contribution in [1.29, 1.82) is 0 Å². The van der Waals surface area contributed by atoms with Gasteiger partial charge in [0.25, 0.3) is 0 Å². The molecule has 2 N–H and O–H groups in total. The maximum atomic E-state index is 12.4. The van der Waals surface area contributed by atoms with Gasteiger partial charge in [0.1, 0.15) is 6.04 Å². The average molecular weight is 299 g/mol. The largest absolute Gasteiger partial charge is 0.480 e. The van der Waals surface area contributed by atoms with Crippen molar-refractivity contribution in [2.75, 3.05) is 6.54 Å². The first-order valence-corrected chi connectivity index (χ1v) is 7.87. The molecule has 6 nitrogen and oxygen atoms in total. The molecule has 0 saturated carbocycles. The monoisotopic (exact) mass is 299 g/mol. The van der Waals surface area contributed by atoms with E-state index in [0.717, 1.165) is 9.87 Å². The topological polar surface area (TPSA) is 94.9 Å². The fourth-order valence-electron chi connectivity index (χ4n) is 2.37. The smallest absolute Gasteiger partial charge is 0.322 e. The molecule has 7 heteroatoms. The molecule has 0 spiro atoms. The third-order valence-corrected chi connectivity index (χ3v) is 5.27. The Balaban J connectivity index is 2.26. The lowest BCUT2D eigenvalue weighted by atomic mass is 10.1. The molecule has 1 aromatic carbocycles. The Kier molecular flexibility index (Phi) is 4.12. The lowest BCUT2D eigenvalue weighted by Gasteiger charge is -2.21. The van der Waals surface area contributed by atoms with Crippen LogP contribution in [0, 0.1) is 6.92 Å². The molecule has 1 fully saturated rings. The number of aliphatic hydroxyl groups is 1. The maximum Gasteiger partial charge on any atom is 0.322 e. The zero-order valence-electron chi connectivity index (χ0n) is 11.1. The lowest BCUT2D eigenvalue weighted by Crippen LogP contribution is -2.41. The van der Waals surface area contributed by atoms with Crippen molar-refractivity contribution in [3.63, 3.8) is 0 Å². The molecule has 110 valence electrons. The van der Waals surface area contributed by atoms with E-state index < -0.39 is 28.1 Å². The summed E-state index contributed by atoms with van der Waals surface area (Å²) in [6, 6.07) is 5.88. The van der Waals surface area contributed by atoms with Crippen LogP contribution in [0.5, 0.6) is 0 Å². The Bertz CT molecular complexity index is 613. The highest BCUT2D eigenvalue weighted by Crippen LogP contribution is 2.24. The van der Waals surface area contributed by atoms with E-state index in [9.17, 15) is 18.3 Å². The number of rotatable bonds is 4. The molecule has 1 saturated heterocycles. The minimum Gasteiger partial charge on any atom is -0.480 e. The zero-order valence-corrected chi connectivity index (χ0v) is 11.9. The molecule has 1 aromatic rings. The fourth-order valence-corrected chi connectivity index (χ4v) is 4.21. The van der Waals surface area contributed by atoms with Crippen LogP contribution in [0.1, 0.15) is 17.5 Å². The van der Waals surface area contributed by atoms with Gasteiger partial charge in [0.15, 0.2) is 0 Å². The van der Waals surface area contributed by atoms with Crippen LogP contribution in [0.2, 0.25) is 0 Å². The van der Waals surface area contributed by atoms with Gasteiger partial charge in [-0.2, -0.15) is 4.31 Å². The first kappa shape index (κ1) is 15.0. The molecule has 0 aromatic heterocycles. The average Bonchev–Trinajstić information content (AvgIpc) is 2.75. The highest BCUT2D eigenvalue weighted by Gasteiger charge is 2.42. The van der Waals surface area contributed by atoms with E-state index in [-0.39, 0.29) is 18.7 Å². The molecular formula is C13H17NO5S. The number of nitrogens with zero attached hydrogens (tertiary/aromatic N) is 1. The fraction of sp³-hybridized carbons (Fsp3) is 0.462. The summed E-state index contributed by atoms with van der Waals surface area (Å²) in [5, 5.41) is 18.6. The standard InChI is InChI=1S/C13H17NO5S/c1-9-4-2-3-5-10(9)8-20(18,19)14-7-11(15)6-12(14)13(16)17/h2-5,11-12,15H,6-8H2,1H3,(H,16,17)/t11-,12+/m0/s1. The zero-order chi connectivity index (χ0) is 14.9. The van der Waals surface area contributed by atoms with E-state index in [1.54, 1.807) is 25.1 Å². The summed E-state index contributed by atoms with van der Waals surface area (Å²) < 4.78 is 25.6. The van der Waals surface area contributed by atoms with Crippen LogP contribution in [0.4, 0.5) is 0 Å². The van der Waals surface area contributed by atoms with Crippen LogP contribution in [-0.2, 0) is 20.6 Å². The number of benzene rings is 1. The predicted molar refractivity (Wildman–Crippen MR) is 72.6 cm³/mol. The third-order valence-electron chi connectivity index (χ3n) is 3.48. The van der Waals surface area contributed by atoms with Gasteiger partial charge in [-0.25, -0.2) is 8.42 Å². The van der Waals surface area contributed by atoms with Crippen molar-refractivity contribution < 1.29 is 23.4 Å². The Labute approximate surface area is 117 Å². The molecule has 2 rings (SSSR count). The molecule has 1 heterocycles. The molecule has 0 bridgehead atoms. The van der Waals surface area contributed by atoms with Crippen molar-refractivity contribution in [3.8, 4) is 0 Å². The summed E-state index contributed by atoms with van der Waals surface area (Å²) in [6.07, 6.45) is -0.995. The van der Waals surface area contributed by atoms with Gasteiger partial charge in [0, 0.05) is 13.0 Å². The van der Waals surface area contributed by atoms with Crippen LogP contribution in [0.3, 0.4) is 0 Å². The normalized spacial score (nSPS) is 23.9. The Hall–Kier alpha value is -1.44. The molecule has 0 aliphatic carbocycles. The number of aliphatic hydroxyl groups excluding tert-OH is 1. The molecule has 20 heavy (non-hydrogen) atoms. The van der Waals surface area contributed by atoms with E-state index in [4.69, 9.17) is 5.11 Å². The second-order valence-electron chi connectivity index (χ2n) is 5.00. The highest BCUT2D eigenvalue weighted by molar-refractivity contribution is 7.88. The molecule has 0 radical (unpaired) electrons. The SMILES string of the molecule is Cc1ccccc1CS(=O)(=O)N1C[C@@H](O)C[C@@H]1C(=O)O. The Morgan fingerprint density at radius 2 is 2.05 bits per heavy atom. The Morgan fingerprint density at radius 1 is 1.40 bits per heavy atom. The molecule has 1 aliphatic rings. The van der Waals surface area contributed by atoms with Gasteiger partial charge in [-0.15, -0.1) is 0 Å². The van der Waals surface area contributed by atoms with Crippen molar-refractivity contribution in [3.05, 3.63) is 35.4 Å². The van der Waals surface area contributed by atoms with Crippen molar-refractivity contribution in [2.24, 2.45) is 0 Å². The van der Waals surface area contributed by atoms with Gasteiger partial charge in [-0.05, 0) is 18.1 Å². The van der Waals surface area contributed by atoms with Crippen LogP contribution >= 0.6 is 0 Å². The maximum absolute atomic E-state index is 12.4. The van der Waals surface area contributed by atoms with Gasteiger partial charge in [0.05, 0.1) is 11.9 Å². The quantitative estimate of drug-likeness (QED) is 0.836. The number of carbonyl (C=O) groups is 1. The van der Waals surface area contributed by atoms with E-state index >= 15 is 0 Å². The molecule has 2 atom stereocenters. The summed E-state index contributed by atoms with van der Waals surface area (Å²) in [5.74, 6) is -1.48. The first-order chi connectivity index (χ1) is 9.31. The number of hydrogen-bond donors (Lipinski definition) is 2. The number of β-amino-alcohol motifs (C(OH)–C–C–N with tert-alkyl or cyclic N) is 1. The first-order valence-electron chi connectivity index (χ1n) is 6.26. The number of carboxylic acids is 1. The van der Waals surface area contributed by atoms with Crippen molar-refractivity contribution in [1.82, 2.24) is 4.31 Å². The van der Waals surface area contributed by atoms with Gasteiger partial charge in [-0.1, -0.05) is 24.3 Å². The summed E-state index contributed by atoms with van der Waals surface area (Å²) in [7, 11) is -3.77. The molecule has 0 unspecified atom stereocenters. The van der Waals surface area contributed by atoms with Crippen LogP contribution in [0.25, 0.3) is 0 Å². The van der Waals surface area contributed by atoms with E-state index in [0.29, 0.717) is 5.56 Å².